The van der Waals surface area contributed by atoms with Gasteiger partial charge in [0.05, 0.1) is 22.4 Å². The second-order valence-electron chi connectivity index (χ2n) is 7.60. The fraction of sp³-hybridized carbons (Fsp3) is 0.286. The summed E-state index contributed by atoms with van der Waals surface area (Å²) in [5.74, 6) is 0. The van der Waals surface area contributed by atoms with E-state index >= 15 is 0 Å². The third kappa shape index (κ3) is 2.86. The molecule has 0 bridgehead atoms. The minimum absolute atomic E-state index is 0.331. The maximum absolute atomic E-state index is 6.15. The van der Waals surface area contributed by atoms with Gasteiger partial charge in [0.1, 0.15) is 0 Å². The minimum Gasteiger partial charge on any atom is -0.399 e. The SMILES string of the molecule is CC1(C)OB(c2ccc3nc(-c4ccccc4)ccc3c2)OC1(C)C. The normalized spacial score (nSPS) is 18.6. The van der Waals surface area contributed by atoms with Gasteiger partial charge in [0, 0.05) is 5.56 Å². The molecule has 25 heavy (non-hydrogen) atoms. The Hall–Kier alpha value is -2.17. The van der Waals surface area contributed by atoms with E-state index in [9.17, 15) is 0 Å². The molecule has 3 nitrogen and oxygen atoms in total. The number of benzene rings is 2. The molecular formula is C21H22BNO2. The number of fused-ring (bicyclic) bond motifs is 1. The van der Waals surface area contributed by atoms with Crippen molar-refractivity contribution in [3.8, 4) is 11.3 Å². The molecule has 0 aliphatic carbocycles. The number of pyridine rings is 1. The van der Waals surface area contributed by atoms with Crippen LogP contribution in [0.2, 0.25) is 0 Å². The lowest BCUT2D eigenvalue weighted by molar-refractivity contribution is 0.00578. The van der Waals surface area contributed by atoms with E-state index in [0.717, 1.165) is 27.6 Å². The first-order valence-electron chi connectivity index (χ1n) is 8.67. The van der Waals surface area contributed by atoms with Crippen molar-refractivity contribution in [3.63, 3.8) is 0 Å². The lowest BCUT2D eigenvalue weighted by atomic mass is 9.78. The van der Waals surface area contributed by atoms with Gasteiger partial charge in [0.2, 0.25) is 0 Å². The molecule has 0 amide bonds. The lowest BCUT2D eigenvalue weighted by Crippen LogP contribution is -2.41. The summed E-state index contributed by atoms with van der Waals surface area (Å²) in [6, 6.07) is 20.6. The Labute approximate surface area is 149 Å². The molecule has 4 heteroatoms. The molecule has 4 rings (SSSR count). The summed E-state index contributed by atoms with van der Waals surface area (Å²) < 4.78 is 12.3. The number of aromatic nitrogens is 1. The Morgan fingerprint density at radius 2 is 1.48 bits per heavy atom. The lowest BCUT2D eigenvalue weighted by Gasteiger charge is -2.32. The van der Waals surface area contributed by atoms with Crippen molar-refractivity contribution in [1.29, 1.82) is 0 Å². The third-order valence-electron chi connectivity index (χ3n) is 5.31. The Kier molecular flexibility index (Phi) is 3.71. The third-order valence-corrected chi connectivity index (χ3v) is 5.31. The first-order valence-corrected chi connectivity index (χ1v) is 8.67. The number of hydrogen-bond acceptors (Lipinski definition) is 3. The average molecular weight is 331 g/mol. The quantitative estimate of drug-likeness (QED) is 0.660. The smallest absolute Gasteiger partial charge is 0.399 e. The molecule has 1 aliphatic rings. The zero-order chi connectivity index (χ0) is 17.7. The molecule has 0 atom stereocenters. The van der Waals surface area contributed by atoms with Crippen molar-refractivity contribution in [1.82, 2.24) is 4.98 Å². The molecule has 1 aromatic heterocycles. The predicted octanol–water partition coefficient (Wildman–Crippen LogP) is 4.20. The summed E-state index contributed by atoms with van der Waals surface area (Å²) in [7, 11) is -0.344. The van der Waals surface area contributed by atoms with Crippen molar-refractivity contribution in [3.05, 3.63) is 60.7 Å². The Balaban J connectivity index is 1.68. The summed E-state index contributed by atoms with van der Waals surface area (Å²) in [5.41, 5.74) is 3.45. The number of hydrogen-bond donors (Lipinski definition) is 0. The Morgan fingerprint density at radius 3 is 2.16 bits per heavy atom. The van der Waals surface area contributed by atoms with Crippen LogP contribution in [0.25, 0.3) is 22.2 Å². The van der Waals surface area contributed by atoms with E-state index in [1.165, 1.54) is 0 Å². The minimum atomic E-state index is -0.344. The molecule has 0 saturated carbocycles. The van der Waals surface area contributed by atoms with Crippen LogP contribution in [-0.4, -0.2) is 23.3 Å². The fourth-order valence-electron chi connectivity index (χ4n) is 3.04. The van der Waals surface area contributed by atoms with E-state index in [1.54, 1.807) is 0 Å². The van der Waals surface area contributed by atoms with Crippen LogP contribution in [0, 0.1) is 0 Å². The maximum Gasteiger partial charge on any atom is 0.494 e. The van der Waals surface area contributed by atoms with Crippen LogP contribution in [0.1, 0.15) is 27.7 Å². The summed E-state index contributed by atoms with van der Waals surface area (Å²) >= 11 is 0. The van der Waals surface area contributed by atoms with Crippen LogP contribution >= 0.6 is 0 Å². The highest BCUT2D eigenvalue weighted by Gasteiger charge is 2.51. The van der Waals surface area contributed by atoms with Crippen LogP contribution in [0.5, 0.6) is 0 Å². The molecule has 0 spiro atoms. The Morgan fingerprint density at radius 1 is 0.800 bits per heavy atom. The molecule has 1 saturated heterocycles. The van der Waals surface area contributed by atoms with E-state index in [-0.39, 0.29) is 18.3 Å². The van der Waals surface area contributed by atoms with Gasteiger partial charge in [0.15, 0.2) is 0 Å². The summed E-state index contributed by atoms with van der Waals surface area (Å²) in [4.78, 5) is 4.79. The van der Waals surface area contributed by atoms with Crippen LogP contribution < -0.4 is 5.46 Å². The van der Waals surface area contributed by atoms with Crippen LogP contribution in [0.15, 0.2) is 60.7 Å². The van der Waals surface area contributed by atoms with Gasteiger partial charge >= 0.3 is 7.12 Å². The molecule has 0 N–H and O–H groups in total. The number of nitrogens with zero attached hydrogens (tertiary/aromatic N) is 1. The molecular weight excluding hydrogens is 309 g/mol. The van der Waals surface area contributed by atoms with Crippen molar-refractivity contribution in [2.75, 3.05) is 0 Å². The van der Waals surface area contributed by atoms with Gasteiger partial charge in [-0.1, -0.05) is 48.5 Å². The predicted molar refractivity (Wildman–Crippen MR) is 103 cm³/mol. The topological polar surface area (TPSA) is 31.4 Å². The van der Waals surface area contributed by atoms with Crippen molar-refractivity contribution >= 4 is 23.5 Å². The van der Waals surface area contributed by atoms with E-state index in [1.807, 2.05) is 30.3 Å². The van der Waals surface area contributed by atoms with Gasteiger partial charge in [-0.3, -0.25) is 0 Å². The first kappa shape index (κ1) is 16.3. The second-order valence-corrected chi connectivity index (χ2v) is 7.60. The average Bonchev–Trinajstić information content (AvgIpc) is 2.82. The van der Waals surface area contributed by atoms with Gasteiger partial charge in [-0.15, -0.1) is 0 Å². The highest BCUT2D eigenvalue weighted by Crippen LogP contribution is 2.36. The van der Waals surface area contributed by atoms with Gasteiger partial charge in [0.25, 0.3) is 0 Å². The fourth-order valence-corrected chi connectivity index (χ4v) is 3.04. The first-order chi connectivity index (χ1) is 11.9. The summed E-state index contributed by atoms with van der Waals surface area (Å²) in [5, 5.41) is 1.09. The van der Waals surface area contributed by atoms with Crippen molar-refractivity contribution < 1.29 is 9.31 Å². The van der Waals surface area contributed by atoms with Crippen LogP contribution in [0.4, 0.5) is 0 Å². The van der Waals surface area contributed by atoms with Gasteiger partial charge in [-0.2, -0.15) is 0 Å². The standard InChI is InChI=1S/C21H22BNO2/c1-20(2)21(3,4)25-22(24-20)17-11-13-19-16(14-17)10-12-18(23-19)15-8-6-5-7-9-15/h5-14H,1-4H3. The van der Waals surface area contributed by atoms with E-state index in [0.29, 0.717) is 0 Å². The van der Waals surface area contributed by atoms with E-state index in [2.05, 4.69) is 58.0 Å². The molecule has 2 aromatic carbocycles. The summed E-state index contributed by atoms with van der Waals surface area (Å²) in [6.45, 7) is 8.28. The summed E-state index contributed by atoms with van der Waals surface area (Å²) in [6.07, 6.45) is 0. The maximum atomic E-state index is 6.15. The van der Waals surface area contributed by atoms with Crippen molar-refractivity contribution in [2.45, 2.75) is 38.9 Å². The highest BCUT2D eigenvalue weighted by atomic mass is 16.7. The van der Waals surface area contributed by atoms with Crippen molar-refractivity contribution in [2.24, 2.45) is 0 Å². The van der Waals surface area contributed by atoms with Gasteiger partial charge < -0.3 is 9.31 Å². The highest BCUT2D eigenvalue weighted by molar-refractivity contribution is 6.62. The van der Waals surface area contributed by atoms with E-state index in [4.69, 9.17) is 14.3 Å². The Bertz CT molecular complexity index is 906. The van der Waals surface area contributed by atoms with Crippen LogP contribution in [-0.2, 0) is 9.31 Å². The molecule has 126 valence electrons. The zero-order valence-electron chi connectivity index (χ0n) is 15.1. The molecule has 0 radical (unpaired) electrons. The zero-order valence-corrected chi connectivity index (χ0v) is 15.1. The molecule has 2 heterocycles. The van der Waals surface area contributed by atoms with Crippen LogP contribution in [0.3, 0.4) is 0 Å². The molecule has 0 unspecified atom stereocenters. The number of rotatable bonds is 2. The largest absolute Gasteiger partial charge is 0.494 e. The van der Waals surface area contributed by atoms with Gasteiger partial charge in [-0.05, 0) is 50.7 Å². The van der Waals surface area contributed by atoms with Gasteiger partial charge in [-0.25, -0.2) is 4.98 Å². The molecule has 1 aliphatic heterocycles. The second kappa shape index (κ2) is 5.68. The monoisotopic (exact) mass is 331 g/mol. The molecule has 1 fully saturated rings. The van der Waals surface area contributed by atoms with E-state index < -0.39 is 0 Å². The molecule has 3 aromatic rings.